The van der Waals surface area contributed by atoms with Gasteiger partial charge >= 0.3 is 5.97 Å². The van der Waals surface area contributed by atoms with Crippen LogP contribution in [-0.4, -0.2) is 16.1 Å². The maximum absolute atomic E-state index is 10.8. The summed E-state index contributed by atoms with van der Waals surface area (Å²) in [5, 5.41) is 10.3. The van der Waals surface area contributed by atoms with Crippen LogP contribution < -0.4 is 0 Å². The maximum Gasteiger partial charge on any atom is 0.331 e. The topological polar surface area (TPSA) is 50.2 Å². The fourth-order valence-corrected chi connectivity index (χ4v) is 1.79. The van der Waals surface area contributed by atoms with E-state index >= 15 is 0 Å². The lowest BCUT2D eigenvalue weighted by molar-refractivity contribution is -0.132. The molecule has 0 bridgehead atoms. The summed E-state index contributed by atoms with van der Waals surface area (Å²) < 4.78 is 0. The number of benzene rings is 1. The monoisotopic (exact) mass is 247 g/mol. The third-order valence-electron chi connectivity index (χ3n) is 2.46. The molecule has 4 heteroatoms. The van der Waals surface area contributed by atoms with Crippen molar-refractivity contribution in [2.24, 2.45) is 0 Å². The van der Waals surface area contributed by atoms with Crippen molar-refractivity contribution < 1.29 is 9.90 Å². The normalized spacial score (nSPS) is 11.8. The van der Waals surface area contributed by atoms with Crippen LogP contribution in [0, 0.1) is 0 Å². The molecule has 3 nitrogen and oxygen atoms in total. The highest BCUT2D eigenvalue weighted by Crippen LogP contribution is 2.26. The van der Waals surface area contributed by atoms with E-state index in [1.165, 1.54) is 0 Å². The number of carboxylic acids is 1. The zero-order chi connectivity index (χ0) is 12.4. The van der Waals surface area contributed by atoms with E-state index in [-0.39, 0.29) is 5.57 Å². The van der Waals surface area contributed by atoms with E-state index in [0.29, 0.717) is 10.5 Å². The van der Waals surface area contributed by atoms with Crippen LogP contribution >= 0.6 is 11.6 Å². The van der Waals surface area contributed by atoms with Gasteiger partial charge in [0, 0.05) is 22.7 Å². The van der Waals surface area contributed by atoms with Crippen molar-refractivity contribution in [1.82, 2.24) is 4.98 Å². The van der Waals surface area contributed by atoms with Crippen LogP contribution in [0.4, 0.5) is 0 Å². The Morgan fingerprint density at radius 2 is 2.18 bits per heavy atom. The highest BCUT2D eigenvalue weighted by molar-refractivity contribution is 6.35. The van der Waals surface area contributed by atoms with Crippen molar-refractivity contribution in [3.05, 3.63) is 46.6 Å². The Morgan fingerprint density at radius 1 is 1.41 bits per heavy atom. The average molecular weight is 248 g/mol. The SMILES string of the molecule is C/C(=C/c1ccc(Cl)c2cccnc12)C(=O)O. The van der Waals surface area contributed by atoms with Crippen molar-refractivity contribution in [2.75, 3.05) is 0 Å². The van der Waals surface area contributed by atoms with Crippen LogP contribution in [-0.2, 0) is 4.79 Å². The van der Waals surface area contributed by atoms with Crippen LogP contribution in [0.2, 0.25) is 5.02 Å². The lowest BCUT2D eigenvalue weighted by atomic mass is 10.1. The Hall–Kier alpha value is -1.87. The quantitative estimate of drug-likeness (QED) is 0.828. The maximum atomic E-state index is 10.8. The highest BCUT2D eigenvalue weighted by Gasteiger charge is 2.06. The number of aromatic nitrogens is 1. The van der Waals surface area contributed by atoms with Gasteiger partial charge in [-0.2, -0.15) is 0 Å². The van der Waals surface area contributed by atoms with E-state index < -0.39 is 5.97 Å². The van der Waals surface area contributed by atoms with Crippen LogP contribution in [0.1, 0.15) is 12.5 Å². The minimum absolute atomic E-state index is 0.263. The Morgan fingerprint density at radius 3 is 2.88 bits per heavy atom. The molecule has 0 saturated heterocycles. The van der Waals surface area contributed by atoms with Gasteiger partial charge < -0.3 is 5.11 Å². The fraction of sp³-hybridized carbons (Fsp3) is 0.0769. The molecule has 0 atom stereocenters. The molecular weight excluding hydrogens is 238 g/mol. The van der Waals surface area contributed by atoms with Crippen LogP contribution in [0.15, 0.2) is 36.0 Å². The first-order valence-corrected chi connectivity index (χ1v) is 5.42. The van der Waals surface area contributed by atoms with Crippen LogP contribution in [0.5, 0.6) is 0 Å². The number of halogens is 1. The number of aliphatic carboxylic acids is 1. The van der Waals surface area contributed by atoms with E-state index in [4.69, 9.17) is 16.7 Å². The predicted molar refractivity (Wildman–Crippen MR) is 68.0 cm³/mol. The zero-order valence-corrected chi connectivity index (χ0v) is 9.90. The molecular formula is C13H10ClNO2. The molecule has 1 N–H and O–H groups in total. The van der Waals surface area contributed by atoms with Gasteiger partial charge in [0.05, 0.1) is 10.5 Å². The van der Waals surface area contributed by atoms with Gasteiger partial charge in [-0.25, -0.2) is 4.79 Å². The van der Waals surface area contributed by atoms with Crippen LogP contribution in [0.3, 0.4) is 0 Å². The van der Waals surface area contributed by atoms with E-state index in [0.717, 1.165) is 10.9 Å². The summed E-state index contributed by atoms with van der Waals surface area (Å²) in [7, 11) is 0. The second-order valence-corrected chi connectivity index (χ2v) is 4.08. The molecule has 0 radical (unpaired) electrons. The Labute approximate surface area is 103 Å². The molecule has 1 heterocycles. The molecule has 1 aromatic heterocycles. The molecule has 0 fully saturated rings. The molecule has 2 aromatic rings. The number of carbonyl (C=O) groups is 1. The Bertz CT molecular complexity index is 620. The van der Waals surface area contributed by atoms with Crippen molar-refractivity contribution in [2.45, 2.75) is 6.92 Å². The molecule has 2 rings (SSSR count). The number of nitrogens with zero attached hydrogens (tertiary/aromatic N) is 1. The molecule has 0 saturated carbocycles. The van der Waals surface area contributed by atoms with Crippen molar-refractivity contribution in [3.8, 4) is 0 Å². The number of hydrogen-bond acceptors (Lipinski definition) is 2. The summed E-state index contributed by atoms with van der Waals surface area (Å²) in [6, 6.07) is 7.17. The summed E-state index contributed by atoms with van der Waals surface area (Å²) in [5.41, 5.74) is 1.73. The molecule has 86 valence electrons. The predicted octanol–water partition coefficient (Wildman–Crippen LogP) is 3.38. The van der Waals surface area contributed by atoms with E-state index in [1.54, 1.807) is 37.4 Å². The first-order valence-electron chi connectivity index (χ1n) is 5.04. The number of rotatable bonds is 2. The zero-order valence-electron chi connectivity index (χ0n) is 9.14. The summed E-state index contributed by atoms with van der Waals surface area (Å²) in [6.07, 6.45) is 3.25. The second-order valence-electron chi connectivity index (χ2n) is 3.67. The lowest BCUT2D eigenvalue weighted by Crippen LogP contribution is -1.96. The molecule has 0 amide bonds. The van der Waals surface area contributed by atoms with Gasteiger partial charge in [-0.15, -0.1) is 0 Å². The third-order valence-corrected chi connectivity index (χ3v) is 2.79. The minimum atomic E-state index is -0.941. The second kappa shape index (κ2) is 4.55. The van der Waals surface area contributed by atoms with Crippen molar-refractivity contribution in [3.63, 3.8) is 0 Å². The summed E-state index contributed by atoms with van der Waals surface area (Å²) in [4.78, 5) is 15.0. The number of carboxylic acid groups (broad SMARTS) is 1. The van der Waals surface area contributed by atoms with Crippen molar-refractivity contribution in [1.29, 1.82) is 0 Å². The first-order chi connectivity index (χ1) is 8.09. The first kappa shape index (κ1) is 11.6. The van der Waals surface area contributed by atoms with Crippen LogP contribution in [0.25, 0.3) is 17.0 Å². The summed E-state index contributed by atoms with van der Waals surface area (Å²) in [6.45, 7) is 1.55. The molecule has 0 aliphatic rings. The van der Waals surface area contributed by atoms with Gasteiger partial charge in [-0.3, -0.25) is 4.98 Å². The summed E-state index contributed by atoms with van der Waals surface area (Å²) in [5.74, 6) is -0.941. The standard InChI is InChI=1S/C13H10ClNO2/c1-8(13(16)17)7-9-4-5-11(14)10-3-2-6-15-12(9)10/h2-7H,1H3,(H,16,17)/b8-7-. The highest BCUT2D eigenvalue weighted by atomic mass is 35.5. The molecule has 0 spiro atoms. The average Bonchev–Trinajstić information content (AvgIpc) is 2.33. The van der Waals surface area contributed by atoms with E-state index in [1.807, 2.05) is 6.07 Å². The Kier molecular flexibility index (Phi) is 3.11. The van der Waals surface area contributed by atoms with Gasteiger partial charge in [0.15, 0.2) is 0 Å². The number of fused-ring (bicyclic) bond motifs is 1. The van der Waals surface area contributed by atoms with Gasteiger partial charge in [-0.05, 0) is 31.2 Å². The molecule has 0 unspecified atom stereocenters. The van der Waals surface area contributed by atoms with E-state index in [9.17, 15) is 4.79 Å². The molecule has 1 aromatic carbocycles. The molecule has 0 aliphatic heterocycles. The molecule has 0 aliphatic carbocycles. The fourth-order valence-electron chi connectivity index (χ4n) is 1.57. The van der Waals surface area contributed by atoms with Gasteiger partial charge in [0.1, 0.15) is 0 Å². The Balaban J connectivity index is 2.68. The summed E-state index contributed by atoms with van der Waals surface area (Å²) >= 11 is 6.05. The van der Waals surface area contributed by atoms with Gasteiger partial charge in [0.2, 0.25) is 0 Å². The largest absolute Gasteiger partial charge is 0.478 e. The third kappa shape index (κ3) is 2.29. The number of pyridine rings is 1. The lowest BCUT2D eigenvalue weighted by Gasteiger charge is -2.03. The minimum Gasteiger partial charge on any atom is -0.478 e. The van der Waals surface area contributed by atoms with Gasteiger partial charge in [-0.1, -0.05) is 17.7 Å². The van der Waals surface area contributed by atoms with E-state index in [2.05, 4.69) is 4.98 Å². The van der Waals surface area contributed by atoms with Crippen molar-refractivity contribution >= 4 is 34.5 Å². The smallest absolute Gasteiger partial charge is 0.331 e. The molecule has 17 heavy (non-hydrogen) atoms. The van der Waals surface area contributed by atoms with Gasteiger partial charge in [0.25, 0.3) is 0 Å². The number of hydrogen-bond donors (Lipinski definition) is 1.